The third-order valence-electron chi connectivity index (χ3n) is 4.99. The molecule has 0 saturated carbocycles. The van der Waals surface area contributed by atoms with Gasteiger partial charge in [0.25, 0.3) is 5.91 Å². The Morgan fingerprint density at radius 3 is 2.48 bits per heavy atom. The van der Waals surface area contributed by atoms with Crippen LogP contribution in [0.15, 0.2) is 72.9 Å². The average molecular weight is 384 g/mol. The normalized spacial score (nSPS) is 11.0. The van der Waals surface area contributed by atoms with E-state index in [2.05, 4.69) is 33.8 Å². The Hall–Kier alpha value is -3.47. The van der Waals surface area contributed by atoms with E-state index in [1.807, 2.05) is 48.7 Å². The van der Waals surface area contributed by atoms with Gasteiger partial charge >= 0.3 is 0 Å². The maximum atomic E-state index is 12.4. The molecule has 0 unspecified atom stereocenters. The van der Waals surface area contributed by atoms with Crippen LogP contribution >= 0.6 is 0 Å². The number of hydrogen-bond acceptors (Lipinski definition) is 3. The number of aryl methyl sites for hydroxylation is 2. The molecule has 2 aromatic heterocycles. The van der Waals surface area contributed by atoms with Crippen molar-refractivity contribution in [2.45, 2.75) is 19.4 Å². The Morgan fingerprint density at radius 1 is 0.966 bits per heavy atom. The van der Waals surface area contributed by atoms with Crippen LogP contribution in [-0.2, 0) is 19.4 Å². The van der Waals surface area contributed by atoms with E-state index in [-0.39, 0.29) is 5.91 Å². The Kier molecular flexibility index (Phi) is 5.38. The lowest BCUT2D eigenvalue weighted by molar-refractivity contribution is 0.0827. The summed E-state index contributed by atoms with van der Waals surface area (Å²) in [6, 6.07) is 22.1. The van der Waals surface area contributed by atoms with E-state index in [1.54, 1.807) is 19.0 Å². The number of hydrogen-bond donors (Lipinski definition) is 0. The lowest BCUT2D eigenvalue weighted by atomic mass is 10.1. The molecule has 0 N–H and O–H groups in total. The Morgan fingerprint density at radius 2 is 1.76 bits per heavy atom. The van der Waals surface area contributed by atoms with Gasteiger partial charge in [-0.3, -0.25) is 9.78 Å². The fourth-order valence-electron chi connectivity index (χ4n) is 3.49. The van der Waals surface area contributed by atoms with Gasteiger partial charge in [0.05, 0.1) is 11.0 Å². The summed E-state index contributed by atoms with van der Waals surface area (Å²) in [6.45, 7) is 0.746. The van der Waals surface area contributed by atoms with Gasteiger partial charge in [-0.25, -0.2) is 4.98 Å². The maximum absolute atomic E-state index is 12.4. The molecule has 1 amide bonds. The highest BCUT2D eigenvalue weighted by atomic mass is 16.2. The van der Waals surface area contributed by atoms with Gasteiger partial charge in [0.1, 0.15) is 5.82 Å². The summed E-state index contributed by atoms with van der Waals surface area (Å²) in [7, 11) is 3.53. The van der Waals surface area contributed by atoms with Crippen LogP contribution < -0.4 is 0 Å². The zero-order valence-corrected chi connectivity index (χ0v) is 16.7. The van der Waals surface area contributed by atoms with Crippen LogP contribution in [0, 0.1) is 0 Å². The number of aromatic nitrogens is 3. The number of amides is 1. The molecule has 0 bridgehead atoms. The van der Waals surface area contributed by atoms with Crippen LogP contribution in [0.4, 0.5) is 0 Å². The number of rotatable bonds is 6. The highest BCUT2D eigenvalue weighted by molar-refractivity contribution is 5.97. The van der Waals surface area contributed by atoms with E-state index in [0.717, 1.165) is 41.9 Å². The highest BCUT2D eigenvalue weighted by Gasteiger charge is 2.15. The zero-order chi connectivity index (χ0) is 20.2. The summed E-state index contributed by atoms with van der Waals surface area (Å²) < 4.78 is 2.25. The number of carbonyl (C=O) groups excluding carboxylic acids is 1. The van der Waals surface area contributed by atoms with Crippen molar-refractivity contribution in [3.63, 3.8) is 0 Å². The number of carbonyl (C=O) groups is 1. The van der Waals surface area contributed by atoms with Crippen LogP contribution in [0.5, 0.6) is 0 Å². The summed E-state index contributed by atoms with van der Waals surface area (Å²) in [5.74, 6) is 0.989. The van der Waals surface area contributed by atoms with E-state index < -0.39 is 0 Å². The average Bonchev–Trinajstić information content (AvgIpc) is 3.09. The van der Waals surface area contributed by atoms with Crippen molar-refractivity contribution in [2.75, 3.05) is 14.1 Å². The molecule has 2 aromatic carbocycles. The van der Waals surface area contributed by atoms with Crippen LogP contribution in [0.25, 0.3) is 11.0 Å². The van der Waals surface area contributed by atoms with Crippen molar-refractivity contribution in [3.05, 3.63) is 95.6 Å². The van der Waals surface area contributed by atoms with Crippen molar-refractivity contribution in [1.82, 2.24) is 19.4 Å². The van der Waals surface area contributed by atoms with E-state index in [0.29, 0.717) is 5.56 Å². The minimum Gasteiger partial charge on any atom is -0.345 e. The lowest BCUT2D eigenvalue weighted by Crippen LogP contribution is -2.21. The van der Waals surface area contributed by atoms with E-state index in [1.165, 1.54) is 5.56 Å². The first-order chi connectivity index (χ1) is 14.1. The zero-order valence-electron chi connectivity index (χ0n) is 16.7. The largest absolute Gasteiger partial charge is 0.345 e. The molecule has 0 aliphatic carbocycles. The number of fused-ring (bicyclic) bond motifs is 1. The summed E-state index contributed by atoms with van der Waals surface area (Å²) >= 11 is 0. The molecule has 29 heavy (non-hydrogen) atoms. The summed E-state index contributed by atoms with van der Waals surface area (Å²) in [5.41, 5.74) is 4.82. The molecule has 0 aliphatic rings. The molecule has 2 heterocycles. The molecule has 0 radical (unpaired) electrons. The third kappa shape index (κ3) is 4.19. The number of imidazole rings is 1. The smallest absolute Gasteiger partial charge is 0.253 e. The number of benzene rings is 2. The van der Waals surface area contributed by atoms with Crippen LogP contribution in [0.1, 0.15) is 27.4 Å². The van der Waals surface area contributed by atoms with Crippen LogP contribution in [0.3, 0.4) is 0 Å². The molecule has 4 rings (SSSR count). The lowest BCUT2D eigenvalue weighted by Gasteiger charge is -2.11. The van der Waals surface area contributed by atoms with Crippen molar-refractivity contribution in [3.8, 4) is 0 Å². The van der Waals surface area contributed by atoms with Crippen molar-refractivity contribution in [1.29, 1.82) is 0 Å². The fourth-order valence-corrected chi connectivity index (χ4v) is 3.49. The molecule has 0 atom stereocenters. The van der Waals surface area contributed by atoms with Crippen molar-refractivity contribution >= 4 is 16.9 Å². The van der Waals surface area contributed by atoms with Gasteiger partial charge in [-0.15, -0.1) is 0 Å². The SMILES string of the molecule is CN(C)C(=O)c1ccc2c(c1)nc(CCc1ccccn1)n2Cc1ccccc1. The van der Waals surface area contributed by atoms with Gasteiger partial charge in [-0.1, -0.05) is 36.4 Å². The second-order valence-corrected chi connectivity index (χ2v) is 7.32. The van der Waals surface area contributed by atoms with Gasteiger partial charge in [0.2, 0.25) is 0 Å². The number of pyridine rings is 1. The molecule has 0 fully saturated rings. The van der Waals surface area contributed by atoms with Gasteiger partial charge in [-0.05, 0) is 42.3 Å². The topological polar surface area (TPSA) is 51.0 Å². The van der Waals surface area contributed by atoms with E-state index in [4.69, 9.17) is 4.98 Å². The predicted octanol–water partition coefficient (Wildman–Crippen LogP) is 3.97. The summed E-state index contributed by atoms with van der Waals surface area (Å²) in [4.78, 5) is 23.3. The summed E-state index contributed by atoms with van der Waals surface area (Å²) in [6.07, 6.45) is 3.43. The second-order valence-electron chi connectivity index (χ2n) is 7.32. The van der Waals surface area contributed by atoms with Gasteiger partial charge in [0, 0.05) is 44.5 Å². The Labute approximate surface area is 170 Å². The number of nitrogens with zero attached hydrogens (tertiary/aromatic N) is 4. The van der Waals surface area contributed by atoms with E-state index >= 15 is 0 Å². The Balaban J connectivity index is 1.72. The molecular formula is C24H24N4O. The molecule has 4 aromatic rings. The van der Waals surface area contributed by atoms with E-state index in [9.17, 15) is 4.79 Å². The monoisotopic (exact) mass is 384 g/mol. The van der Waals surface area contributed by atoms with Crippen molar-refractivity contribution in [2.24, 2.45) is 0 Å². The van der Waals surface area contributed by atoms with Crippen molar-refractivity contribution < 1.29 is 4.79 Å². The first kappa shape index (κ1) is 18.9. The minimum absolute atomic E-state index is 0.0143. The first-order valence-corrected chi connectivity index (χ1v) is 9.76. The standard InChI is InChI=1S/C24H24N4O/c1-27(2)24(29)19-11-13-22-21(16-19)26-23(14-12-20-10-6-7-15-25-20)28(22)17-18-8-4-3-5-9-18/h3-11,13,15-16H,12,14,17H2,1-2H3. The van der Waals surface area contributed by atoms with Crippen LogP contribution in [0.2, 0.25) is 0 Å². The first-order valence-electron chi connectivity index (χ1n) is 9.76. The second kappa shape index (κ2) is 8.27. The molecule has 5 nitrogen and oxygen atoms in total. The molecular weight excluding hydrogens is 360 g/mol. The third-order valence-corrected chi connectivity index (χ3v) is 4.99. The maximum Gasteiger partial charge on any atom is 0.253 e. The van der Waals surface area contributed by atoms with Gasteiger partial charge in [-0.2, -0.15) is 0 Å². The Bertz CT molecular complexity index is 1120. The van der Waals surface area contributed by atoms with Gasteiger partial charge in [0.15, 0.2) is 0 Å². The highest BCUT2D eigenvalue weighted by Crippen LogP contribution is 2.21. The minimum atomic E-state index is -0.0143. The fraction of sp³-hybridized carbons (Fsp3) is 0.208. The quantitative estimate of drug-likeness (QED) is 0.505. The molecule has 0 spiro atoms. The van der Waals surface area contributed by atoms with Gasteiger partial charge < -0.3 is 9.47 Å². The molecule has 0 aliphatic heterocycles. The molecule has 0 saturated heterocycles. The molecule has 5 heteroatoms. The predicted molar refractivity (Wildman–Crippen MR) is 115 cm³/mol. The molecule has 146 valence electrons. The van der Waals surface area contributed by atoms with Crippen LogP contribution in [-0.4, -0.2) is 39.4 Å². The summed E-state index contributed by atoms with van der Waals surface area (Å²) in [5, 5.41) is 0.